The minimum Gasteiger partial charge on any atom is -0.510 e. The number of terminal acetylenes is 1. The number of benzene rings is 2. The van der Waals surface area contributed by atoms with Crippen molar-refractivity contribution < 1.29 is 29.0 Å². The summed E-state index contributed by atoms with van der Waals surface area (Å²) in [6.07, 6.45) is 5.54. The van der Waals surface area contributed by atoms with Crippen LogP contribution in [0.3, 0.4) is 0 Å². The van der Waals surface area contributed by atoms with Crippen LogP contribution in [0.1, 0.15) is 12.5 Å². The molecule has 2 amide bonds. The van der Waals surface area contributed by atoms with Crippen molar-refractivity contribution in [1.29, 1.82) is 0 Å². The molecule has 0 saturated carbocycles. The molecule has 8 heteroatoms. The third kappa shape index (κ3) is 5.08. The Bertz CT molecular complexity index is 1050. The Balaban J connectivity index is 1.62. The number of carbonyl (C=O) groups is 3. The second kappa shape index (κ2) is 10.2. The van der Waals surface area contributed by atoms with Gasteiger partial charge < -0.3 is 19.9 Å². The lowest BCUT2D eigenvalue weighted by molar-refractivity contribution is -0.155. The summed E-state index contributed by atoms with van der Waals surface area (Å²) in [6.45, 7) is 0.891. The Labute approximate surface area is 185 Å². The van der Waals surface area contributed by atoms with Gasteiger partial charge in [-0.2, -0.15) is 0 Å². The fraction of sp³-hybridized carbons (Fsp3) is 0.208. The number of ether oxygens (including phenoxy) is 2. The number of carbonyl (C=O) groups excluding carboxylic acids is 3. The highest BCUT2D eigenvalue weighted by molar-refractivity contribution is 6.02. The fourth-order valence-corrected chi connectivity index (χ4v) is 3.14. The molecule has 2 aromatic carbocycles. The summed E-state index contributed by atoms with van der Waals surface area (Å²) in [5, 5.41) is 12.5. The van der Waals surface area contributed by atoms with E-state index in [2.05, 4.69) is 11.2 Å². The number of allylic oxidation sites excluding steroid dienone is 1. The number of nitrogens with zero attached hydrogens (tertiary/aromatic N) is 1. The van der Waals surface area contributed by atoms with Gasteiger partial charge in [0.15, 0.2) is 12.3 Å². The van der Waals surface area contributed by atoms with E-state index in [9.17, 15) is 19.5 Å². The van der Waals surface area contributed by atoms with Crippen molar-refractivity contribution in [3.05, 3.63) is 77.7 Å². The predicted octanol–water partition coefficient (Wildman–Crippen LogP) is 1.93. The summed E-state index contributed by atoms with van der Waals surface area (Å²) >= 11 is 0. The molecule has 32 heavy (non-hydrogen) atoms. The first kappa shape index (κ1) is 22.4. The van der Waals surface area contributed by atoms with Gasteiger partial charge in [0, 0.05) is 0 Å². The summed E-state index contributed by atoms with van der Waals surface area (Å²) in [4.78, 5) is 38.4. The molecule has 0 spiro atoms. The summed E-state index contributed by atoms with van der Waals surface area (Å²) in [5.41, 5.74) is 0.378. The van der Waals surface area contributed by atoms with Crippen molar-refractivity contribution in [3.8, 4) is 18.1 Å². The summed E-state index contributed by atoms with van der Waals surface area (Å²) in [5.74, 6) is 0.357. The maximum Gasteiger partial charge on any atom is 0.358 e. The zero-order valence-corrected chi connectivity index (χ0v) is 17.4. The van der Waals surface area contributed by atoms with E-state index in [1.54, 1.807) is 48.5 Å². The second-order valence-corrected chi connectivity index (χ2v) is 6.96. The number of β-lactam (4-membered cyclic amide) rings is 1. The molecule has 0 radical (unpaired) electrons. The Hall–Kier alpha value is -4.25. The molecule has 1 aliphatic rings. The quantitative estimate of drug-likeness (QED) is 0.216. The average Bonchev–Trinajstić information content (AvgIpc) is 2.81. The van der Waals surface area contributed by atoms with Crippen molar-refractivity contribution in [3.63, 3.8) is 0 Å². The van der Waals surface area contributed by atoms with Gasteiger partial charge in [-0.3, -0.25) is 14.5 Å². The molecule has 1 saturated heterocycles. The van der Waals surface area contributed by atoms with Crippen LogP contribution in [-0.2, 0) is 25.7 Å². The molecular formula is C24H22N2O6. The zero-order chi connectivity index (χ0) is 23.1. The first-order valence-corrected chi connectivity index (χ1v) is 9.79. The predicted molar refractivity (Wildman–Crippen MR) is 115 cm³/mol. The van der Waals surface area contributed by atoms with Crippen molar-refractivity contribution in [2.75, 3.05) is 6.61 Å². The summed E-state index contributed by atoms with van der Waals surface area (Å²) in [6, 6.07) is 15.6. The number of rotatable bonds is 8. The van der Waals surface area contributed by atoms with Gasteiger partial charge >= 0.3 is 5.97 Å². The number of aliphatic hydroxyl groups is 1. The van der Waals surface area contributed by atoms with Crippen LogP contribution in [0.2, 0.25) is 0 Å². The van der Waals surface area contributed by atoms with E-state index in [1.165, 1.54) is 6.92 Å². The van der Waals surface area contributed by atoms with Gasteiger partial charge in [-0.15, -0.1) is 6.42 Å². The number of nitrogens with one attached hydrogen (secondary N) is 1. The van der Waals surface area contributed by atoms with Gasteiger partial charge in [0.1, 0.15) is 30.2 Å². The highest BCUT2D eigenvalue weighted by Crippen LogP contribution is 2.27. The zero-order valence-electron chi connectivity index (χ0n) is 17.4. The molecule has 3 rings (SSSR count). The molecule has 164 valence electrons. The minimum absolute atomic E-state index is 0.0454. The molecular weight excluding hydrogens is 412 g/mol. The van der Waals surface area contributed by atoms with Gasteiger partial charge in [-0.25, -0.2) is 4.79 Å². The van der Waals surface area contributed by atoms with Gasteiger partial charge in [0.2, 0.25) is 0 Å². The lowest BCUT2D eigenvalue weighted by Gasteiger charge is -2.44. The molecule has 0 aliphatic carbocycles. The number of aliphatic hydroxyl groups excluding tert-OH is 1. The van der Waals surface area contributed by atoms with Crippen LogP contribution in [-0.4, -0.2) is 46.5 Å². The number of esters is 1. The standard InChI is InChI=1S/C24H22N2O6/c1-3-19-21(25-20(28)15-31-18-12-8-5-9-13-18)23(29)26(19)22(16(2)27)24(30)32-14-17-10-6-4-7-11-17/h1,4-13,19,21,27H,14-15H2,2H3,(H,25,28)/b22-16+. The SMILES string of the molecule is C#CC1C(NC(=O)COc2ccccc2)C(=O)N1/C(C(=O)OCc1ccccc1)=C(\C)O. The van der Waals surface area contributed by atoms with E-state index in [4.69, 9.17) is 15.9 Å². The lowest BCUT2D eigenvalue weighted by atomic mass is 9.94. The molecule has 1 aliphatic heterocycles. The van der Waals surface area contributed by atoms with Crippen LogP contribution >= 0.6 is 0 Å². The van der Waals surface area contributed by atoms with Crippen molar-refractivity contribution >= 4 is 17.8 Å². The Morgan fingerprint density at radius 1 is 1.12 bits per heavy atom. The highest BCUT2D eigenvalue weighted by atomic mass is 16.5. The largest absolute Gasteiger partial charge is 0.510 e. The average molecular weight is 434 g/mol. The highest BCUT2D eigenvalue weighted by Gasteiger charge is 2.51. The maximum atomic E-state index is 12.7. The summed E-state index contributed by atoms with van der Waals surface area (Å²) in [7, 11) is 0. The van der Waals surface area contributed by atoms with Gasteiger partial charge in [0.25, 0.3) is 11.8 Å². The molecule has 8 nitrogen and oxygen atoms in total. The second-order valence-electron chi connectivity index (χ2n) is 6.96. The van der Waals surface area contributed by atoms with E-state index in [1.807, 2.05) is 12.1 Å². The number of para-hydroxylation sites is 1. The smallest absolute Gasteiger partial charge is 0.358 e. The minimum atomic E-state index is -1.05. The van der Waals surface area contributed by atoms with Crippen LogP contribution in [0, 0.1) is 12.3 Å². The van der Waals surface area contributed by atoms with E-state index in [0.29, 0.717) is 5.75 Å². The van der Waals surface area contributed by atoms with Crippen molar-refractivity contribution in [2.24, 2.45) is 0 Å². The van der Waals surface area contributed by atoms with E-state index >= 15 is 0 Å². The van der Waals surface area contributed by atoms with E-state index in [0.717, 1.165) is 10.5 Å². The molecule has 0 bridgehead atoms. The lowest BCUT2D eigenvalue weighted by Crippen LogP contribution is -2.70. The monoisotopic (exact) mass is 434 g/mol. The van der Waals surface area contributed by atoms with Gasteiger partial charge in [-0.05, 0) is 24.6 Å². The van der Waals surface area contributed by atoms with Gasteiger partial charge in [-0.1, -0.05) is 54.5 Å². The van der Waals surface area contributed by atoms with Crippen molar-refractivity contribution in [1.82, 2.24) is 10.2 Å². The van der Waals surface area contributed by atoms with Crippen LogP contribution in [0.5, 0.6) is 5.75 Å². The molecule has 2 atom stereocenters. The Morgan fingerprint density at radius 2 is 1.75 bits per heavy atom. The van der Waals surface area contributed by atoms with Crippen LogP contribution in [0.4, 0.5) is 0 Å². The van der Waals surface area contributed by atoms with E-state index in [-0.39, 0.29) is 18.9 Å². The van der Waals surface area contributed by atoms with Crippen LogP contribution in [0.25, 0.3) is 0 Å². The maximum absolute atomic E-state index is 12.7. The first-order chi connectivity index (χ1) is 15.4. The van der Waals surface area contributed by atoms with Crippen molar-refractivity contribution in [2.45, 2.75) is 25.6 Å². The molecule has 2 unspecified atom stereocenters. The number of hydrogen-bond donors (Lipinski definition) is 2. The Morgan fingerprint density at radius 3 is 2.34 bits per heavy atom. The molecule has 1 fully saturated rings. The fourth-order valence-electron chi connectivity index (χ4n) is 3.14. The van der Waals surface area contributed by atoms with Crippen LogP contribution < -0.4 is 10.1 Å². The molecule has 2 N–H and O–H groups in total. The van der Waals surface area contributed by atoms with Gasteiger partial charge in [0.05, 0.1) is 0 Å². The Kier molecular flexibility index (Phi) is 7.13. The first-order valence-electron chi connectivity index (χ1n) is 9.79. The number of likely N-dealkylation sites (tertiary alicyclic amines) is 1. The van der Waals surface area contributed by atoms with E-state index < -0.39 is 35.6 Å². The topological polar surface area (TPSA) is 105 Å². The summed E-state index contributed by atoms with van der Waals surface area (Å²) < 4.78 is 10.6. The normalized spacial score (nSPS) is 18.0. The molecule has 2 aromatic rings. The van der Waals surface area contributed by atoms with Crippen LogP contribution in [0.15, 0.2) is 72.1 Å². The third-order valence-electron chi connectivity index (χ3n) is 4.69. The third-order valence-corrected chi connectivity index (χ3v) is 4.69. The molecule has 0 aromatic heterocycles. The number of hydrogen-bond acceptors (Lipinski definition) is 6. The molecule has 1 heterocycles. The number of amides is 2.